The van der Waals surface area contributed by atoms with Gasteiger partial charge in [0.2, 0.25) is 5.71 Å². The van der Waals surface area contributed by atoms with Crippen molar-refractivity contribution in [3.8, 4) is 0 Å². The van der Waals surface area contributed by atoms with E-state index in [1.165, 1.54) is 11.0 Å². The summed E-state index contributed by atoms with van der Waals surface area (Å²) in [6, 6.07) is 0. The molecule has 0 atom stereocenters. The normalized spacial score (nSPS) is 15.7. The second-order valence-electron chi connectivity index (χ2n) is 7.30. The van der Waals surface area contributed by atoms with Gasteiger partial charge >= 0.3 is 0 Å². The molecule has 1 N–H and O–H groups in total. The lowest BCUT2D eigenvalue weighted by atomic mass is 10.1. The quantitative estimate of drug-likeness (QED) is 0.783. The van der Waals surface area contributed by atoms with E-state index < -0.39 is 0 Å². The highest BCUT2D eigenvalue weighted by molar-refractivity contribution is 6.10. The molecule has 0 radical (unpaired) electrons. The molecular formula is C18H21N5O2. The third-order valence-electron chi connectivity index (χ3n) is 4.78. The molecule has 0 bridgehead atoms. The topological polar surface area (TPSA) is 85.8 Å². The number of nitrogens with one attached hydrogen (secondary N) is 1. The van der Waals surface area contributed by atoms with Gasteiger partial charge in [0.15, 0.2) is 0 Å². The highest BCUT2D eigenvalue weighted by Gasteiger charge is 2.38. The Labute approximate surface area is 145 Å². The molecule has 0 aliphatic heterocycles. The number of aromatic nitrogens is 4. The first-order valence-electron chi connectivity index (χ1n) is 8.49. The lowest BCUT2D eigenvalue weighted by Gasteiger charge is -2.12. The van der Waals surface area contributed by atoms with E-state index in [4.69, 9.17) is 4.42 Å². The van der Waals surface area contributed by atoms with Crippen molar-refractivity contribution in [2.75, 3.05) is 5.32 Å². The van der Waals surface area contributed by atoms with Crippen LogP contribution in [0.1, 0.15) is 61.2 Å². The largest absolute Gasteiger partial charge is 0.442 e. The first-order chi connectivity index (χ1) is 11.9. The van der Waals surface area contributed by atoms with Gasteiger partial charge in [-0.25, -0.2) is 14.6 Å². The average Bonchev–Trinajstić information content (AvgIpc) is 3.00. The fourth-order valence-electron chi connectivity index (χ4n) is 2.86. The number of nitrogens with zero attached hydrogens (tertiary/aromatic N) is 4. The van der Waals surface area contributed by atoms with Crippen molar-refractivity contribution in [2.24, 2.45) is 0 Å². The number of furan rings is 1. The number of hydrogen-bond acceptors (Lipinski definition) is 6. The van der Waals surface area contributed by atoms with Crippen molar-refractivity contribution in [1.82, 2.24) is 19.7 Å². The Hall–Kier alpha value is -2.70. The van der Waals surface area contributed by atoms with Crippen LogP contribution >= 0.6 is 0 Å². The summed E-state index contributed by atoms with van der Waals surface area (Å²) in [5.74, 6) is 1.23. The maximum atomic E-state index is 13.1. The van der Waals surface area contributed by atoms with Gasteiger partial charge in [0, 0.05) is 11.7 Å². The fraction of sp³-hybridized carbons (Fsp3) is 0.444. The van der Waals surface area contributed by atoms with E-state index >= 15 is 0 Å². The summed E-state index contributed by atoms with van der Waals surface area (Å²) in [5.41, 5.74) is 1.92. The molecule has 0 unspecified atom stereocenters. The van der Waals surface area contributed by atoms with E-state index in [1.807, 2.05) is 0 Å². The summed E-state index contributed by atoms with van der Waals surface area (Å²) in [7, 11) is 0. The van der Waals surface area contributed by atoms with E-state index in [2.05, 4.69) is 41.2 Å². The van der Waals surface area contributed by atoms with Crippen molar-refractivity contribution in [1.29, 1.82) is 0 Å². The van der Waals surface area contributed by atoms with Gasteiger partial charge in [-0.3, -0.25) is 4.79 Å². The molecular weight excluding hydrogens is 318 g/mol. The van der Waals surface area contributed by atoms with E-state index in [-0.39, 0.29) is 11.4 Å². The number of hydrogen-bond donors (Lipinski definition) is 1. The highest BCUT2D eigenvalue weighted by atomic mass is 16.3. The second kappa shape index (κ2) is 5.40. The monoisotopic (exact) mass is 339 g/mol. The second-order valence-corrected chi connectivity index (χ2v) is 7.30. The number of carbonyl (C=O) groups is 1. The van der Waals surface area contributed by atoms with Crippen molar-refractivity contribution < 1.29 is 9.21 Å². The summed E-state index contributed by atoms with van der Waals surface area (Å²) >= 11 is 0. The molecule has 0 saturated heterocycles. The van der Waals surface area contributed by atoms with Crippen LogP contribution in [0.15, 0.2) is 23.1 Å². The summed E-state index contributed by atoms with van der Waals surface area (Å²) in [5, 5.41) is 8.27. The van der Waals surface area contributed by atoms with Gasteiger partial charge in [0.1, 0.15) is 17.9 Å². The molecule has 0 aromatic carbocycles. The molecule has 1 fully saturated rings. The Balaban J connectivity index is 1.82. The molecule has 7 nitrogen and oxygen atoms in total. The van der Waals surface area contributed by atoms with E-state index in [0.717, 1.165) is 18.4 Å². The minimum Gasteiger partial charge on any atom is -0.442 e. The summed E-state index contributed by atoms with van der Waals surface area (Å²) in [4.78, 5) is 21.6. The Morgan fingerprint density at radius 1 is 1.36 bits per heavy atom. The predicted octanol–water partition coefficient (Wildman–Crippen LogP) is 3.50. The predicted molar refractivity (Wildman–Crippen MR) is 93.8 cm³/mol. The van der Waals surface area contributed by atoms with Gasteiger partial charge in [0.25, 0.3) is 5.91 Å². The highest BCUT2D eigenvalue weighted by Crippen LogP contribution is 2.40. The average molecular weight is 339 g/mol. The minimum atomic E-state index is -0.234. The van der Waals surface area contributed by atoms with Crippen LogP contribution in [0.5, 0.6) is 0 Å². The zero-order chi connectivity index (χ0) is 17.8. The van der Waals surface area contributed by atoms with Gasteiger partial charge in [-0.2, -0.15) is 5.10 Å². The number of carbonyl (C=O) groups excluding carboxylic acids is 1. The molecule has 1 saturated carbocycles. The molecule has 1 aliphatic carbocycles. The molecule has 0 spiro atoms. The zero-order valence-electron chi connectivity index (χ0n) is 14.8. The first-order valence-corrected chi connectivity index (χ1v) is 8.49. The molecule has 7 heteroatoms. The number of aryl methyl sites for hydroxylation is 1. The first kappa shape index (κ1) is 15.8. The molecule has 3 aromatic heterocycles. The Kier molecular flexibility index (Phi) is 3.42. The zero-order valence-corrected chi connectivity index (χ0v) is 14.8. The number of anilines is 1. The van der Waals surface area contributed by atoms with Gasteiger partial charge in [-0.15, -0.1) is 0 Å². The van der Waals surface area contributed by atoms with Crippen LogP contribution in [0.25, 0.3) is 11.1 Å². The van der Waals surface area contributed by atoms with Crippen LogP contribution in [0.4, 0.5) is 5.82 Å². The van der Waals surface area contributed by atoms with Crippen LogP contribution in [0.3, 0.4) is 0 Å². The molecule has 25 heavy (non-hydrogen) atoms. The van der Waals surface area contributed by atoms with Crippen LogP contribution in [-0.4, -0.2) is 31.2 Å². The smallest absolute Gasteiger partial charge is 0.282 e. The summed E-state index contributed by atoms with van der Waals surface area (Å²) in [6.07, 6.45) is 7.11. The third kappa shape index (κ3) is 2.69. The van der Waals surface area contributed by atoms with Gasteiger partial charge in [0.05, 0.1) is 17.1 Å². The SMILES string of the molecule is Cc1oc2ncnc(NC3(C)CC3)c2c1C(=O)n1cc(C(C)C)cn1. The Morgan fingerprint density at radius 3 is 2.76 bits per heavy atom. The number of rotatable bonds is 4. The Morgan fingerprint density at radius 2 is 2.12 bits per heavy atom. The fourth-order valence-corrected chi connectivity index (χ4v) is 2.86. The lowest BCUT2D eigenvalue weighted by molar-refractivity contribution is 0.0945. The maximum Gasteiger partial charge on any atom is 0.282 e. The van der Waals surface area contributed by atoms with E-state index in [9.17, 15) is 4.79 Å². The van der Waals surface area contributed by atoms with Crippen molar-refractivity contribution >= 4 is 22.8 Å². The standard InChI is InChI=1S/C18H21N5O2/c1-10(2)12-7-21-23(8-12)17(24)13-11(3)25-16-14(13)15(19-9-20-16)22-18(4)5-6-18/h7-10H,5-6H2,1-4H3,(H,19,20,22). The third-order valence-corrected chi connectivity index (χ3v) is 4.78. The van der Waals surface area contributed by atoms with Crippen molar-refractivity contribution in [3.63, 3.8) is 0 Å². The molecule has 4 rings (SSSR count). The van der Waals surface area contributed by atoms with Crippen LogP contribution in [0, 0.1) is 6.92 Å². The van der Waals surface area contributed by atoms with E-state index in [0.29, 0.717) is 34.2 Å². The molecule has 3 aromatic rings. The summed E-state index contributed by atoms with van der Waals surface area (Å²) in [6.45, 7) is 8.04. The Bertz CT molecular complexity index is 965. The van der Waals surface area contributed by atoms with Crippen molar-refractivity contribution in [3.05, 3.63) is 35.6 Å². The molecule has 0 amide bonds. The molecule has 130 valence electrons. The summed E-state index contributed by atoms with van der Waals surface area (Å²) < 4.78 is 7.08. The molecule has 1 aliphatic rings. The lowest BCUT2D eigenvalue weighted by Crippen LogP contribution is -2.18. The van der Waals surface area contributed by atoms with Crippen molar-refractivity contribution in [2.45, 2.75) is 52.0 Å². The van der Waals surface area contributed by atoms with Gasteiger partial charge in [-0.05, 0) is 38.2 Å². The van der Waals surface area contributed by atoms with Crippen LogP contribution < -0.4 is 5.32 Å². The minimum absolute atomic E-state index is 0.0310. The van der Waals surface area contributed by atoms with Crippen LogP contribution in [-0.2, 0) is 0 Å². The van der Waals surface area contributed by atoms with Crippen LogP contribution in [0.2, 0.25) is 0 Å². The number of fused-ring (bicyclic) bond motifs is 1. The van der Waals surface area contributed by atoms with E-state index in [1.54, 1.807) is 19.3 Å². The molecule has 3 heterocycles. The van der Waals surface area contributed by atoms with Gasteiger partial charge < -0.3 is 9.73 Å². The maximum absolute atomic E-state index is 13.1. The van der Waals surface area contributed by atoms with Gasteiger partial charge in [-0.1, -0.05) is 13.8 Å².